The topological polar surface area (TPSA) is 153 Å². The molecule has 0 bridgehead atoms. The highest BCUT2D eigenvalue weighted by Gasteiger charge is 2.25. The minimum atomic E-state index is -4.07. The van der Waals surface area contributed by atoms with Crippen molar-refractivity contribution in [2.24, 2.45) is 0 Å². The first kappa shape index (κ1) is 19.9. The van der Waals surface area contributed by atoms with Crippen LogP contribution in [-0.2, 0) is 9.84 Å². The third-order valence-corrected chi connectivity index (χ3v) is 5.19. The van der Waals surface area contributed by atoms with Crippen molar-refractivity contribution in [2.45, 2.75) is 17.0 Å². The predicted molar refractivity (Wildman–Crippen MR) is 98.4 cm³/mol. The average Bonchev–Trinajstić information content (AvgIpc) is 3.19. The Labute approximate surface area is 165 Å². The number of phenols is 1. The van der Waals surface area contributed by atoms with Crippen LogP contribution in [0, 0.1) is 6.92 Å². The number of ether oxygens (including phenoxy) is 2. The fourth-order valence-corrected chi connectivity index (χ4v) is 3.28. The SMILES string of the molecule is COc1ccc(OC(=O)NNc2nc(S(=O)(=O)c3ccc(O)c(C)c3)no2)cc1. The number of rotatable bonds is 6. The number of nitrogens with one attached hydrogen (secondary N) is 2. The molecule has 3 rings (SSSR count). The van der Waals surface area contributed by atoms with Gasteiger partial charge in [0.1, 0.15) is 17.2 Å². The van der Waals surface area contributed by atoms with E-state index in [1.807, 2.05) is 0 Å². The Balaban J connectivity index is 1.63. The van der Waals surface area contributed by atoms with Crippen molar-refractivity contribution in [2.75, 3.05) is 12.5 Å². The van der Waals surface area contributed by atoms with Gasteiger partial charge in [0, 0.05) is 0 Å². The molecule has 29 heavy (non-hydrogen) atoms. The van der Waals surface area contributed by atoms with E-state index in [-0.39, 0.29) is 22.4 Å². The lowest BCUT2D eigenvalue weighted by Gasteiger charge is -2.06. The minimum Gasteiger partial charge on any atom is -0.508 e. The highest BCUT2D eigenvalue weighted by molar-refractivity contribution is 7.91. The fourth-order valence-electron chi connectivity index (χ4n) is 2.15. The van der Waals surface area contributed by atoms with Crippen LogP contribution in [-0.4, -0.2) is 36.9 Å². The van der Waals surface area contributed by atoms with Gasteiger partial charge >= 0.3 is 12.1 Å². The van der Waals surface area contributed by atoms with Crippen molar-refractivity contribution in [3.05, 3.63) is 48.0 Å². The number of phenolic OH excluding ortho intramolecular Hbond substituents is 1. The van der Waals surface area contributed by atoms with E-state index in [2.05, 4.69) is 21.0 Å². The molecule has 0 saturated carbocycles. The van der Waals surface area contributed by atoms with Gasteiger partial charge in [0.15, 0.2) is 0 Å². The van der Waals surface area contributed by atoms with Gasteiger partial charge in [-0.25, -0.2) is 24.1 Å². The number of anilines is 1. The third kappa shape index (κ3) is 4.55. The Bertz CT molecular complexity index is 1130. The van der Waals surface area contributed by atoms with Crippen molar-refractivity contribution in [1.82, 2.24) is 15.6 Å². The zero-order valence-corrected chi connectivity index (χ0v) is 16.1. The van der Waals surface area contributed by atoms with Crippen LogP contribution in [0.3, 0.4) is 0 Å². The Morgan fingerprint density at radius 3 is 2.48 bits per heavy atom. The molecule has 0 fully saturated rings. The second kappa shape index (κ2) is 8.06. The van der Waals surface area contributed by atoms with Crippen molar-refractivity contribution >= 4 is 21.9 Å². The molecular formula is C17H16N4O7S. The summed E-state index contributed by atoms with van der Waals surface area (Å²) in [5.41, 5.74) is 4.76. The van der Waals surface area contributed by atoms with Crippen LogP contribution in [0.5, 0.6) is 17.2 Å². The minimum absolute atomic E-state index is 0.0426. The highest BCUT2D eigenvalue weighted by atomic mass is 32.2. The van der Waals surface area contributed by atoms with Crippen LogP contribution < -0.4 is 20.3 Å². The molecule has 0 radical (unpaired) electrons. The quantitative estimate of drug-likeness (QED) is 0.505. The average molecular weight is 420 g/mol. The van der Waals surface area contributed by atoms with Crippen molar-refractivity contribution in [3.8, 4) is 17.2 Å². The molecule has 0 spiro atoms. The van der Waals surface area contributed by atoms with Gasteiger partial charge in [-0.3, -0.25) is 0 Å². The lowest BCUT2D eigenvalue weighted by atomic mass is 10.2. The van der Waals surface area contributed by atoms with E-state index in [1.54, 1.807) is 19.1 Å². The molecule has 1 heterocycles. The molecule has 12 heteroatoms. The molecule has 0 aliphatic rings. The summed E-state index contributed by atoms with van der Waals surface area (Å²) in [6.45, 7) is 1.55. The molecule has 0 unspecified atom stereocenters. The lowest BCUT2D eigenvalue weighted by Crippen LogP contribution is -2.32. The molecule has 0 aliphatic carbocycles. The maximum atomic E-state index is 12.5. The Morgan fingerprint density at radius 2 is 1.83 bits per heavy atom. The first-order valence-corrected chi connectivity index (χ1v) is 9.54. The van der Waals surface area contributed by atoms with Crippen LogP contribution in [0.2, 0.25) is 0 Å². The van der Waals surface area contributed by atoms with E-state index < -0.39 is 21.1 Å². The summed E-state index contributed by atoms with van der Waals surface area (Å²) >= 11 is 0. The van der Waals surface area contributed by atoms with Crippen molar-refractivity contribution in [1.29, 1.82) is 0 Å². The third-order valence-electron chi connectivity index (χ3n) is 3.67. The zero-order valence-electron chi connectivity index (χ0n) is 15.2. The van der Waals surface area contributed by atoms with Gasteiger partial charge < -0.3 is 19.1 Å². The van der Waals surface area contributed by atoms with E-state index in [4.69, 9.17) is 14.0 Å². The van der Waals surface area contributed by atoms with Crippen LogP contribution in [0.25, 0.3) is 0 Å². The first-order valence-electron chi connectivity index (χ1n) is 8.06. The van der Waals surface area contributed by atoms with Gasteiger partial charge in [-0.1, -0.05) is 0 Å². The number of aromatic hydroxyl groups is 1. The summed E-state index contributed by atoms with van der Waals surface area (Å²) in [5, 5.41) is 12.3. The number of aryl methyl sites for hydroxylation is 1. The lowest BCUT2D eigenvalue weighted by molar-refractivity contribution is 0.202. The molecule has 1 amide bonds. The van der Waals surface area contributed by atoms with Gasteiger partial charge in [-0.2, -0.15) is 4.98 Å². The molecular weight excluding hydrogens is 404 g/mol. The molecule has 3 N–H and O–H groups in total. The number of carbonyl (C=O) groups is 1. The van der Waals surface area contributed by atoms with E-state index in [1.165, 1.54) is 37.4 Å². The molecule has 0 saturated heterocycles. The number of methoxy groups -OCH3 is 1. The second-order valence-corrected chi connectivity index (χ2v) is 7.49. The van der Waals surface area contributed by atoms with Crippen LogP contribution >= 0.6 is 0 Å². The summed E-state index contributed by atoms with van der Waals surface area (Å²) in [6, 6.07) is 9.63. The largest absolute Gasteiger partial charge is 0.508 e. The molecule has 1 aromatic heterocycles. The number of hydrogen-bond donors (Lipinski definition) is 3. The number of amides is 1. The second-order valence-electron chi connectivity index (χ2n) is 5.65. The number of aromatic nitrogens is 2. The van der Waals surface area contributed by atoms with E-state index >= 15 is 0 Å². The molecule has 11 nitrogen and oxygen atoms in total. The maximum Gasteiger partial charge on any atom is 0.431 e. The molecule has 0 atom stereocenters. The number of sulfone groups is 1. The highest BCUT2D eigenvalue weighted by Crippen LogP contribution is 2.24. The smallest absolute Gasteiger partial charge is 0.431 e. The Kier molecular flexibility index (Phi) is 5.54. The molecule has 2 aromatic carbocycles. The van der Waals surface area contributed by atoms with Gasteiger partial charge in [0.05, 0.1) is 12.0 Å². The number of benzene rings is 2. The van der Waals surface area contributed by atoms with E-state index in [0.717, 1.165) is 0 Å². The number of carbonyl (C=O) groups excluding carboxylic acids is 1. The number of nitrogens with zero attached hydrogens (tertiary/aromatic N) is 2. The van der Waals surface area contributed by atoms with E-state index in [0.29, 0.717) is 11.3 Å². The summed E-state index contributed by atoms with van der Waals surface area (Å²) in [4.78, 5) is 15.3. The summed E-state index contributed by atoms with van der Waals surface area (Å²) in [7, 11) is -2.57. The maximum absolute atomic E-state index is 12.5. The molecule has 3 aromatic rings. The van der Waals surface area contributed by atoms with Gasteiger partial charge in [-0.15, -0.1) is 0 Å². The molecule has 152 valence electrons. The number of hydrazine groups is 1. The predicted octanol–water partition coefficient (Wildman–Crippen LogP) is 2.04. The summed E-state index contributed by atoms with van der Waals surface area (Å²) < 4.78 is 39.8. The fraction of sp³-hybridized carbons (Fsp3) is 0.118. The number of hydrogen-bond acceptors (Lipinski definition) is 10. The van der Waals surface area contributed by atoms with Crippen LogP contribution in [0.4, 0.5) is 10.8 Å². The Morgan fingerprint density at radius 1 is 1.14 bits per heavy atom. The molecule has 0 aliphatic heterocycles. The normalized spacial score (nSPS) is 11.0. The zero-order chi connectivity index (χ0) is 21.0. The van der Waals surface area contributed by atoms with Crippen LogP contribution in [0.15, 0.2) is 57.0 Å². The van der Waals surface area contributed by atoms with Gasteiger partial charge in [0.25, 0.3) is 5.16 Å². The van der Waals surface area contributed by atoms with Crippen molar-refractivity contribution in [3.63, 3.8) is 0 Å². The summed E-state index contributed by atoms with van der Waals surface area (Å²) in [6.07, 6.45) is -0.896. The summed E-state index contributed by atoms with van der Waals surface area (Å²) in [5.74, 6) is 0.805. The Hall–Kier alpha value is -3.80. The van der Waals surface area contributed by atoms with Gasteiger partial charge in [-0.05, 0) is 60.1 Å². The van der Waals surface area contributed by atoms with E-state index in [9.17, 15) is 18.3 Å². The monoisotopic (exact) mass is 420 g/mol. The standard InChI is InChI=1S/C17H16N4O7S/c1-10-9-13(7-8-14(10)22)29(24,25)16-18-15(28-21-16)19-20-17(23)27-12-5-3-11(26-2)4-6-12/h3-9,22H,1-2H3,(H,20,23)(H,18,19,21). The van der Waals surface area contributed by atoms with Crippen LogP contribution in [0.1, 0.15) is 5.56 Å². The van der Waals surface area contributed by atoms with Crippen molar-refractivity contribution < 1.29 is 32.3 Å². The van der Waals surface area contributed by atoms with Gasteiger partial charge in [0.2, 0.25) is 9.84 Å². The first-order chi connectivity index (χ1) is 13.8.